The summed E-state index contributed by atoms with van der Waals surface area (Å²) in [5.74, 6) is 0.233. The zero-order valence-electron chi connectivity index (χ0n) is 17.5. The molecule has 10 heteroatoms. The van der Waals surface area contributed by atoms with Gasteiger partial charge >= 0.3 is 6.18 Å². The van der Waals surface area contributed by atoms with Crippen LogP contribution in [0, 0.1) is 6.92 Å². The summed E-state index contributed by atoms with van der Waals surface area (Å²) in [6.45, 7) is 2.04. The molecule has 0 fully saturated rings. The number of aryl methyl sites for hydroxylation is 1. The monoisotopic (exact) mass is 449 g/mol. The first-order valence-electron chi connectivity index (χ1n) is 9.90. The molecule has 1 aromatic carbocycles. The van der Waals surface area contributed by atoms with E-state index in [1.807, 2.05) is 25.1 Å². The van der Waals surface area contributed by atoms with Gasteiger partial charge in [0.15, 0.2) is 0 Å². The van der Waals surface area contributed by atoms with Crippen LogP contribution < -0.4 is 5.32 Å². The maximum atomic E-state index is 12.9. The zero-order valence-corrected chi connectivity index (χ0v) is 17.5. The summed E-state index contributed by atoms with van der Waals surface area (Å²) in [5.41, 5.74) is 3.09. The van der Waals surface area contributed by atoms with Crippen molar-refractivity contribution in [1.82, 2.24) is 19.9 Å². The maximum absolute atomic E-state index is 12.9. The third-order valence-corrected chi connectivity index (χ3v) is 4.50. The normalized spacial score (nSPS) is 11.6. The lowest BCUT2D eigenvalue weighted by atomic mass is 10.2. The molecule has 33 heavy (non-hydrogen) atoms. The molecule has 0 amide bonds. The van der Waals surface area contributed by atoms with Gasteiger partial charge in [-0.25, -0.2) is 9.97 Å². The molecule has 0 spiro atoms. The average Bonchev–Trinajstić information content (AvgIpc) is 2.80. The lowest BCUT2D eigenvalue weighted by molar-refractivity contribution is -0.137. The molecule has 0 aliphatic heterocycles. The van der Waals surface area contributed by atoms with Crippen molar-refractivity contribution in [2.45, 2.75) is 19.6 Å². The third-order valence-electron chi connectivity index (χ3n) is 4.50. The largest absolute Gasteiger partial charge is 0.416 e. The second-order valence-electron chi connectivity index (χ2n) is 7.08. The number of benzene rings is 1. The van der Waals surface area contributed by atoms with E-state index in [2.05, 4.69) is 35.5 Å². The first-order valence-corrected chi connectivity index (χ1v) is 9.90. The van der Waals surface area contributed by atoms with Crippen LogP contribution in [0.3, 0.4) is 0 Å². The number of azo groups is 1. The van der Waals surface area contributed by atoms with Gasteiger partial charge in [0.2, 0.25) is 0 Å². The fourth-order valence-electron chi connectivity index (χ4n) is 2.96. The Hall–Kier alpha value is -4.21. The molecule has 4 rings (SSSR count). The van der Waals surface area contributed by atoms with Crippen LogP contribution in [0.2, 0.25) is 0 Å². The molecule has 3 heterocycles. The Morgan fingerprint density at radius 3 is 2.55 bits per heavy atom. The van der Waals surface area contributed by atoms with E-state index >= 15 is 0 Å². The summed E-state index contributed by atoms with van der Waals surface area (Å²) in [6.07, 6.45) is 0.520. The standard InChI is InChI=1S/C23H18F3N7/c1-15-10-21(16-4-3-9-27-12-16)32-22(30-15)33-29-14-19-7-8-20(13-28-19)31-18-6-2-5-17(11-18)23(24,25)26/h2-13,31H,14H2,1H3. The molecule has 1 N–H and O–H groups in total. The summed E-state index contributed by atoms with van der Waals surface area (Å²) >= 11 is 0. The van der Waals surface area contributed by atoms with Crippen molar-refractivity contribution in [3.8, 4) is 11.3 Å². The van der Waals surface area contributed by atoms with Gasteiger partial charge < -0.3 is 5.32 Å². The molecule has 0 saturated carbocycles. The smallest absolute Gasteiger partial charge is 0.354 e. The van der Waals surface area contributed by atoms with Gasteiger partial charge in [0, 0.05) is 29.3 Å². The van der Waals surface area contributed by atoms with Crippen molar-refractivity contribution in [3.63, 3.8) is 0 Å². The number of nitrogens with zero attached hydrogens (tertiary/aromatic N) is 6. The first kappa shape index (κ1) is 22.0. The Kier molecular flexibility index (Phi) is 6.34. The third kappa shape index (κ3) is 5.94. The topological polar surface area (TPSA) is 88.3 Å². The molecular formula is C23H18F3N7. The highest BCUT2D eigenvalue weighted by Crippen LogP contribution is 2.31. The number of aromatic nitrogens is 4. The fraction of sp³-hybridized carbons (Fsp3) is 0.130. The Morgan fingerprint density at radius 1 is 0.939 bits per heavy atom. The lowest BCUT2D eigenvalue weighted by Crippen LogP contribution is -2.05. The van der Waals surface area contributed by atoms with E-state index < -0.39 is 11.7 Å². The van der Waals surface area contributed by atoms with Crippen LogP contribution in [0.1, 0.15) is 17.0 Å². The van der Waals surface area contributed by atoms with Gasteiger partial charge in [0.25, 0.3) is 5.95 Å². The Bertz CT molecular complexity index is 1260. The highest BCUT2D eigenvalue weighted by molar-refractivity contribution is 5.60. The van der Waals surface area contributed by atoms with Gasteiger partial charge in [-0.15, -0.1) is 5.11 Å². The SMILES string of the molecule is Cc1cc(-c2cccnc2)nc(N=NCc2ccc(Nc3cccc(C(F)(F)F)c3)cn2)n1. The van der Waals surface area contributed by atoms with E-state index in [-0.39, 0.29) is 12.5 Å². The number of rotatable bonds is 6. The number of anilines is 2. The molecular weight excluding hydrogens is 431 g/mol. The van der Waals surface area contributed by atoms with Crippen LogP contribution in [0.5, 0.6) is 0 Å². The lowest BCUT2D eigenvalue weighted by Gasteiger charge is -2.10. The van der Waals surface area contributed by atoms with Gasteiger partial charge in [-0.1, -0.05) is 6.07 Å². The van der Waals surface area contributed by atoms with Crippen LogP contribution in [0.25, 0.3) is 11.3 Å². The van der Waals surface area contributed by atoms with E-state index in [4.69, 9.17) is 0 Å². The van der Waals surface area contributed by atoms with E-state index in [1.54, 1.807) is 30.6 Å². The summed E-state index contributed by atoms with van der Waals surface area (Å²) in [6, 6.07) is 14.0. The molecule has 0 unspecified atom stereocenters. The molecule has 0 bridgehead atoms. The second-order valence-corrected chi connectivity index (χ2v) is 7.08. The quantitative estimate of drug-likeness (QED) is 0.350. The molecule has 0 aliphatic carbocycles. The minimum atomic E-state index is -4.40. The molecule has 0 aliphatic rings. The van der Waals surface area contributed by atoms with Gasteiger partial charge in [-0.05, 0) is 55.5 Å². The van der Waals surface area contributed by atoms with Gasteiger partial charge in [0.05, 0.1) is 28.8 Å². The molecule has 4 aromatic rings. The number of halogens is 3. The Balaban J connectivity index is 1.41. The number of nitrogens with one attached hydrogen (secondary N) is 1. The number of pyridine rings is 2. The first-order chi connectivity index (χ1) is 15.9. The highest BCUT2D eigenvalue weighted by Gasteiger charge is 2.30. The van der Waals surface area contributed by atoms with Crippen molar-refractivity contribution in [2.24, 2.45) is 10.2 Å². The van der Waals surface area contributed by atoms with Crippen LogP contribution in [0.4, 0.5) is 30.5 Å². The predicted octanol–water partition coefficient (Wildman–Crippen LogP) is 6.29. The molecule has 7 nitrogen and oxygen atoms in total. The van der Waals surface area contributed by atoms with E-state index in [9.17, 15) is 13.2 Å². The minimum absolute atomic E-state index is 0.198. The molecule has 0 radical (unpaired) electrons. The predicted molar refractivity (Wildman–Crippen MR) is 117 cm³/mol. The summed E-state index contributed by atoms with van der Waals surface area (Å²) < 4.78 is 38.6. The molecule has 166 valence electrons. The maximum Gasteiger partial charge on any atom is 0.416 e. The number of hydrogen-bond acceptors (Lipinski definition) is 7. The van der Waals surface area contributed by atoms with Crippen LogP contribution in [-0.4, -0.2) is 19.9 Å². The van der Waals surface area contributed by atoms with E-state index in [0.717, 1.165) is 23.4 Å². The summed E-state index contributed by atoms with van der Waals surface area (Å²) in [7, 11) is 0. The van der Waals surface area contributed by atoms with Crippen LogP contribution in [0.15, 0.2) is 83.4 Å². The molecule has 0 saturated heterocycles. The van der Waals surface area contributed by atoms with E-state index in [0.29, 0.717) is 22.8 Å². The van der Waals surface area contributed by atoms with Gasteiger partial charge in [0.1, 0.15) is 6.54 Å². The van der Waals surface area contributed by atoms with E-state index in [1.165, 1.54) is 12.3 Å². The summed E-state index contributed by atoms with van der Waals surface area (Å²) in [4.78, 5) is 17.0. The molecule has 3 aromatic heterocycles. The van der Waals surface area contributed by atoms with Gasteiger partial charge in [-0.2, -0.15) is 18.3 Å². The average molecular weight is 449 g/mol. The van der Waals surface area contributed by atoms with Crippen molar-refractivity contribution in [2.75, 3.05) is 5.32 Å². The zero-order chi connectivity index (χ0) is 23.3. The van der Waals surface area contributed by atoms with Crippen molar-refractivity contribution in [3.05, 3.63) is 90.1 Å². The minimum Gasteiger partial charge on any atom is -0.354 e. The molecule has 0 atom stereocenters. The number of alkyl halides is 3. The second kappa shape index (κ2) is 9.51. The van der Waals surface area contributed by atoms with Crippen molar-refractivity contribution >= 4 is 17.3 Å². The van der Waals surface area contributed by atoms with Crippen LogP contribution in [-0.2, 0) is 12.7 Å². The van der Waals surface area contributed by atoms with Crippen LogP contribution >= 0.6 is 0 Å². The Morgan fingerprint density at radius 2 is 1.82 bits per heavy atom. The van der Waals surface area contributed by atoms with Gasteiger partial charge in [-0.3, -0.25) is 9.97 Å². The Labute approximate surface area is 187 Å². The van der Waals surface area contributed by atoms with Crippen molar-refractivity contribution < 1.29 is 13.2 Å². The fourth-order valence-corrected chi connectivity index (χ4v) is 2.96. The number of hydrogen-bond donors (Lipinski definition) is 1. The summed E-state index contributed by atoms with van der Waals surface area (Å²) in [5, 5.41) is 11.1. The van der Waals surface area contributed by atoms with Crippen molar-refractivity contribution in [1.29, 1.82) is 0 Å². The highest BCUT2D eigenvalue weighted by atomic mass is 19.4.